The minimum atomic E-state index is -0.284. The van der Waals surface area contributed by atoms with E-state index in [1.165, 1.54) is 17.1 Å². The number of fused-ring (bicyclic) bond motifs is 2. The van der Waals surface area contributed by atoms with Crippen LogP contribution in [0.4, 0.5) is 0 Å². The molecule has 118 valence electrons. The zero-order chi connectivity index (χ0) is 16.8. The van der Waals surface area contributed by atoms with Gasteiger partial charge in [-0.3, -0.25) is 14.6 Å². The first-order valence-electron chi connectivity index (χ1n) is 7.58. The second-order valence-corrected chi connectivity index (χ2v) is 6.02. The van der Waals surface area contributed by atoms with Crippen LogP contribution in [0.25, 0.3) is 0 Å². The third kappa shape index (κ3) is 2.15. The number of nitrogens with zero attached hydrogens (tertiary/aromatic N) is 4. The normalized spacial score (nSPS) is 12.9. The summed E-state index contributed by atoms with van der Waals surface area (Å²) < 4.78 is 1.50. The van der Waals surface area contributed by atoms with Crippen LogP contribution in [0.15, 0.2) is 36.7 Å². The minimum Gasteiger partial charge on any atom is -0.287 e. The molecule has 2 heterocycles. The van der Waals surface area contributed by atoms with E-state index in [1.807, 2.05) is 26.0 Å². The molecule has 3 aromatic rings. The molecule has 0 bridgehead atoms. The number of aromatic nitrogens is 4. The van der Waals surface area contributed by atoms with Crippen molar-refractivity contribution in [1.29, 1.82) is 0 Å². The molecule has 1 aliphatic carbocycles. The van der Waals surface area contributed by atoms with Crippen molar-refractivity contribution in [3.8, 4) is 0 Å². The molecule has 0 spiro atoms. The zero-order valence-corrected chi connectivity index (χ0v) is 13.3. The quantitative estimate of drug-likeness (QED) is 0.566. The lowest BCUT2D eigenvalue weighted by atomic mass is 9.91. The third-order valence-electron chi connectivity index (χ3n) is 4.09. The summed E-state index contributed by atoms with van der Waals surface area (Å²) >= 11 is 0. The van der Waals surface area contributed by atoms with Crippen LogP contribution in [0.1, 0.15) is 48.8 Å². The van der Waals surface area contributed by atoms with Crippen LogP contribution in [-0.2, 0) is 6.54 Å². The number of benzene rings is 1. The Bertz CT molecular complexity index is 984. The average Bonchev–Trinajstić information content (AvgIpc) is 2.96. The van der Waals surface area contributed by atoms with E-state index in [2.05, 4.69) is 21.4 Å². The molecule has 6 heteroatoms. The van der Waals surface area contributed by atoms with Crippen molar-refractivity contribution in [2.45, 2.75) is 20.4 Å². The molecule has 0 unspecified atom stereocenters. The number of carbonyl (C=O) groups is 2. The van der Waals surface area contributed by atoms with Crippen molar-refractivity contribution in [2.75, 3.05) is 0 Å². The van der Waals surface area contributed by atoms with Gasteiger partial charge in [-0.2, -0.15) is 0 Å². The zero-order valence-electron chi connectivity index (χ0n) is 13.3. The summed E-state index contributed by atoms with van der Waals surface area (Å²) in [6.07, 6.45) is 2.92. The van der Waals surface area contributed by atoms with E-state index in [-0.39, 0.29) is 23.0 Å². The molecule has 0 amide bonds. The van der Waals surface area contributed by atoms with Crippen molar-refractivity contribution in [1.82, 2.24) is 20.0 Å². The van der Waals surface area contributed by atoms with Gasteiger partial charge in [0, 0.05) is 18.0 Å². The second-order valence-electron chi connectivity index (χ2n) is 6.02. The van der Waals surface area contributed by atoms with Gasteiger partial charge in [-0.05, 0) is 25.5 Å². The number of aryl methyl sites for hydroxylation is 2. The standard InChI is InChI=1S/C18H14N4O2/c1-10-5-11(2)7-12(6-10)9-22-16-15(20-21-22)17(23)13-3-4-19-8-14(13)18(16)24/h3-8H,9H2,1-2H3. The predicted octanol–water partition coefficient (Wildman–Crippen LogP) is 2.11. The van der Waals surface area contributed by atoms with Crippen LogP contribution < -0.4 is 0 Å². The monoisotopic (exact) mass is 318 g/mol. The number of hydrogen-bond acceptors (Lipinski definition) is 5. The first kappa shape index (κ1) is 14.4. The fourth-order valence-electron chi connectivity index (χ4n) is 3.16. The average molecular weight is 318 g/mol. The number of carbonyl (C=O) groups excluding carboxylic acids is 2. The van der Waals surface area contributed by atoms with Crippen LogP contribution in [0, 0.1) is 13.8 Å². The van der Waals surface area contributed by atoms with Gasteiger partial charge in [0.25, 0.3) is 0 Å². The number of ketones is 2. The Morgan fingerprint density at radius 1 is 1.00 bits per heavy atom. The van der Waals surface area contributed by atoms with Crippen LogP contribution in [0.5, 0.6) is 0 Å². The molecule has 0 atom stereocenters. The summed E-state index contributed by atoms with van der Waals surface area (Å²) in [4.78, 5) is 29.3. The van der Waals surface area contributed by atoms with Crippen molar-refractivity contribution in [3.63, 3.8) is 0 Å². The number of rotatable bonds is 2. The summed E-state index contributed by atoms with van der Waals surface area (Å²) in [6.45, 7) is 4.42. The Balaban J connectivity index is 1.80. The molecule has 1 aromatic carbocycles. The van der Waals surface area contributed by atoms with E-state index in [9.17, 15) is 9.59 Å². The highest BCUT2D eigenvalue weighted by molar-refractivity contribution is 6.26. The van der Waals surface area contributed by atoms with Gasteiger partial charge in [0.2, 0.25) is 11.6 Å². The number of pyridine rings is 1. The fraction of sp³-hybridized carbons (Fsp3) is 0.167. The molecule has 0 N–H and O–H groups in total. The summed E-state index contributed by atoms with van der Waals surface area (Å²) in [5.41, 5.74) is 4.27. The predicted molar refractivity (Wildman–Crippen MR) is 86.1 cm³/mol. The highest BCUT2D eigenvalue weighted by Crippen LogP contribution is 2.25. The molecule has 4 rings (SSSR count). The van der Waals surface area contributed by atoms with Crippen molar-refractivity contribution >= 4 is 11.6 Å². The first-order chi connectivity index (χ1) is 11.5. The molecular formula is C18H14N4O2. The van der Waals surface area contributed by atoms with Gasteiger partial charge in [0.1, 0.15) is 5.69 Å². The van der Waals surface area contributed by atoms with Gasteiger partial charge in [0.15, 0.2) is 5.69 Å². The maximum absolute atomic E-state index is 12.8. The van der Waals surface area contributed by atoms with Crippen molar-refractivity contribution < 1.29 is 9.59 Å². The molecule has 0 fully saturated rings. The maximum atomic E-state index is 12.8. The maximum Gasteiger partial charge on any atom is 0.216 e. The Hall–Kier alpha value is -3.15. The molecule has 24 heavy (non-hydrogen) atoms. The molecule has 0 aliphatic heterocycles. The molecule has 1 aliphatic rings. The Labute approximate surface area is 138 Å². The summed E-state index contributed by atoms with van der Waals surface area (Å²) in [6, 6.07) is 7.69. The molecule has 6 nitrogen and oxygen atoms in total. The van der Waals surface area contributed by atoms with E-state index < -0.39 is 0 Å². The van der Waals surface area contributed by atoms with Crippen LogP contribution in [0.3, 0.4) is 0 Å². The van der Waals surface area contributed by atoms with E-state index >= 15 is 0 Å². The summed E-state index contributed by atoms with van der Waals surface area (Å²) in [5.74, 6) is -0.546. The van der Waals surface area contributed by atoms with Crippen molar-refractivity contribution in [2.24, 2.45) is 0 Å². The Kier molecular flexibility index (Phi) is 3.13. The third-order valence-corrected chi connectivity index (χ3v) is 4.09. The van der Waals surface area contributed by atoms with Crippen LogP contribution >= 0.6 is 0 Å². The van der Waals surface area contributed by atoms with Crippen LogP contribution in [0.2, 0.25) is 0 Å². The summed E-state index contributed by atoms with van der Waals surface area (Å²) in [5, 5.41) is 7.99. The molecule has 0 saturated heterocycles. The van der Waals surface area contributed by atoms with Gasteiger partial charge in [-0.1, -0.05) is 34.5 Å². The van der Waals surface area contributed by atoms with Crippen molar-refractivity contribution in [3.05, 3.63) is 75.9 Å². The fourth-order valence-corrected chi connectivity index (χ4v) is 3.16. The number of hydrogen-bond donors (Lipinski definition) is 0. The van der Waals surface area contributed by atoms with Gasteiger partial charge in [-0.15, -0.1) is 5.10 Å². The second kappa shape index (κ2) is 5.19. The lowest BCUT2D eigenvalue weighted by Gasteiger charge is -2.14. The van der Waals surface area contributed by atoms with E-state index in [1.54, 1.807) is 6.07 Å². The molecule has 0 saturated carbocycles. The minimum absolute atomic E-state index is 0.114. The van der Waals surface area contributed by atoms with Crippen LogP contribution in [-0.4, -0.2) is 31.5 Å². The largest absolute Gasteiger partial charge is 0.287 e. The highest BCUT2D eigenvalue weighted by Gasteiger charge is 2.35. The van der Waals surface area contributed by atoms with E-state index in [0.717, 1.165) is 16.7 Å². The topological polar surface area (TPSA) is 77.7 Å². The molecular weight excluding hydrogens is 304 g/mol. The lowest BCUT2D eigenvalue weighted by molar-refractivity contribution is 0.0970. The Morgan fingerprint density at radius 3 is 2.50 bits per heavy atom. The first-order valence-corrected chi connectivity index (χ1v) is 7.58. The highest BCUT2D eigenvalue weighted by atomic mass is 16.1. The van der Waals surface area contributed by atoms with Gasteiger partial charge < -0.3 is 0 Å². The van der Waals surface area contributed by atoms with E-state index in [0.29, 0.717) is 17.7 Å². The SMILES string of the molecule is Cc1cc(C)cc(Cn2nnc3c2C(=O)c2cnccc2C3=O)c1. The molecule has 0 radical (unpaired) electrons. The van der Waals surface area contributed by atoms with Gasteiger partial charge >= 0.3 is 0 Å². The Morgan fingerprint density at radius 2 is 1.75 bits per heavy atom. The smallest absolute Gasteiger partial charge is 0.216 e. The molecule has 2 aromatic heterocycles. The lowest BCUT2D eigenvalue weighted by Crippen LogP contribution is -2.24. The summed E-state index contributed by atoms with van der Waals surface area (Å²) in [7, 11) is 0. The van der Waals surface area contributed by atoms with Gasteiger partial charge in [0.05, 0.1) is 12.1 Å². The van der Waals surface area contributed by atoms with E-state index in [4.69, 9.17) is 0 Å². The van der Waals surface area contributed by atoms with Gasteiger partial charge in [-0.25, -0.2) is 4.68 Å².